The summed E-state index contributed by atoms with van der Waals surface area (Å²) >= 11 is 1.52. The molecule has 106 valence electrons. The molecule has 5 heteroatoms. The number of nitrogens with zero attached hydrogens (tertiary/aromatic N) is 3. The minimum absolute atomic E-state index is 0.822. The highest BCUT2D eigenvalue weighted by atomic mass is 32.1. The Morgan fingerprint density at radius 3 is 2.90 bits per heavy atom. The molecule has 1 N–H and O–H groups in total. The van der Waals surface area contributed by atoms with Gasteiger partial charge in [0.15, 0.2) is 0 Å². The van der Waals surface area contributed by atoms with Gasteiger partial charge in [0.05, 0.1) is 0 Å². The average Bonchev–Trinajstić information content (AvgIpc) is 2.74. The van der Waals surface area contributed by atoms with E-state index in [4.69, 9.17) is 4.98 Å². The SMILES string of the molecule is Cc1ccc(Cc2nsc(N3CCCNCC3)n2)cc1. The van der Waals surface area contributed by atoms with Crippen LogP contribution in [0.15, 0.2) is 24.3 Å². The third-order valence-corrected chi connectivity index (χ3v) is 4.37. The number of hydrogen-bond acceptors (Lipinski definition) is 5. The number of aromatic nitrogens is 2. The maximum absolute atomic E-state index is 4.70. The van der Waals surface area contributed by atoms with Crippen molar-refractivity contribution >= 4 is 16.7 Å². The Labute approximate surface area is 124 Å². The van der Waals surface area contributed by atoms with Crippen molar-refractivity contribution in [3.8, 4) is 0 Å². The van der Waals surface area contributed by atoms with Gasteiger partial charge in [0, 0.05) is 37.6 Å². The predicted octanol–water partition coefficient (Wildman–Crippen LogP) is 2.24. The van der Waals surface area contributed by atoms with E-state index in [9.17, 15) is 0 Å². The zero-order valence-electron chi connectivity index (χ0n) is 11.8. The third-order valence-electron chi connectivity index (χ3n) is 3.55. The summed E-state index contributed by atoms with van der Waals surface area (Å²) < 4.78 is 4.51. The Kier molecular flexibility index (Phi) is 4.28. The first kappa shape index (κ1) is 13.5. The van der Waals surface area contributed by atoms with Crippen LogP contribution in [0.1, 0.15) is 23.4 Å². The van der Waals surface area contributed by atoms with Crippen LogP contribution < -0.4 is 10.2 Å². The molecule has 20 heavy (non-hydrogen) atoms. The van der Waals surface area contributed by atoms with Gasteiger partial charge in [-0.25, -0.2) is 4.98 Å². The summed E-state index contributed by atoms with van der Waals surface area (Å²) in [4.78, 5) is 7.04. The number of rotatable bonds is 3. The van der Waals surface area contributed by atoms with E-state index >= 15 is 0 Å². The van der Waals surface area contributed by atoms with Crippen molar-refractivity contribution in [2.75, 3.05) is 31.1 Å². The molecule has 1 aromatic heterocycles. The number of benzene rings is 1. The van der Waals surface area contributed by atoms with Gasteiger partial charge in [-0.3, -0.25) is 0 Å². The zero-order chi connectivity index (χ0) is 13.8. The molecule has 0 spiro atoms. The topological polar surface area (TPSA) is 41.1 Å². The Morgan fingerprint density at radius 1 is 1.20 bits per heavy atom. The minimum Gasteiger partial charge on any atom is -0.346 e. The zero-order valence-corrected chi connectivity index (χ0v) is 12.6. The van der Waals surface area contributed by atoms with Crippen LogP contribution in [0, 0.1) is 6.92 Å². The molecule has 0 atom stereocenters. The lowest BCUT2D eigenvalue weighted by Crippen LogP contribution is -2.27. The van der Waals surface area contributed by atoms with Crippen molar-refractivity contribution < 1.29 is 0 Å². The first-order valence-corrected chi connectivity index (χ1v) is 7.92. The Hall–Kier alpha value is -1.46. The number of aryl methyl sites for hydroxylation is 1. The Balaban J connectivity index is 1.68. The van der Waals surface area contributed by atoms with E-state index in [1.54, 1.807) is 0 Å². The van der Waals surface area contributed by atoms with E-state index in [0.29, 0.717) is 0 Å². The van der Waals surface area contributed by atoms with E-state index in [1.165, 1.54) is 29.1 Å². The third kappa shape index (κ3) is 3.35. The van der Waals surface area contributed by atoms with Crippen molar-refractivity contribution in [2.24, 2.45) is 0 Å². The molecule has 0 radical (unpaired) electrons. The Morgan fingerprint density at radius 2 is 2.05 bits per heavy atom. The molecule has 0 aliphatic carbocycles. The number of anilines is 1. The van der Waals surface area contributed by atoms with Gasteiger partial charge in [-0.15, -0.1) is 0 Å². The molecule has 1 saturated heterocycles. The molecular weight excluding hydrogens is 268 g/mol. The second kappa shape index (κ2) is 6.33. The van der Waals surface area contributed by atoms with Crippen molar-refractivity contribution in [1.82, 2.24) is 14.7 Å². The Bertz CT molecular complexity index is 541. The average molecular weight is 288 g/mol. The van der Waals surface area contributed by atoms with Crippen LogP contribution in [0.4, 0.5) is 5.13 Å². The van der Waals surface area contributed by atoms with Crippen LogP contribution in [0.25, 0.3) is 0 Å². The van der Waals surface area contributed by atoms with Gasteiger partial charge in [-0.2, -0.15) is 4.37 Å². The quantitative estimate of drug-likeness (QED) is 0.940. The molecule has 1 aliphatic rings. The highest BCUT2D eigenvalue weighted by Gasteiger charge is 2.14. The standard InChI is InChI=1S/C15H20N4S/c1-12-3-5-13(6-4-12)11-14-17-15(20-18-14)19-9-2-7-16-8-10-19/h3-6,16H,2,7-11H2,1H3. The van der Waals surface area contributed by atoms with Gasteiger partial charge in [-0.05, 0) is 25.5 Å². The molecule has 0 amide bonds. The summed E-state index contributed by atoms with van der Waals surface area (Å²) in [5.41, 5.74) is 2.57. The van der Waals surface area contributed by atoms with Gasteiger partial charge in [0.2, 0.25) is 5.13 Å². The molecule has 4 nitrogen and oxygen atoms in total. The van der Waals surface area contributed by atoms with E-state index in [1.807, 2.05) is 0 Å². The lowest BCUT2D eigenvalue weighted by molar-refractivity contribution is 0.724. The van der Waals surface area contributed by atoms with Crippen molar-refractivity contribution in [2.45, 2.75) is 19.8 Å². The maximum atomic E-state index is 4.70. The lowest BCUT2D eigenvalue weighted by atomic mass is 10.1. The summed E-state index contributed by atoms with van der Waals surface area (Å²) in [5.74, 6) is 0.936. The predicted molar refractivity (Wildman–Crippen MR) is 83.6 cm³/mol. The van der Waals surface area contributed by atoms with Crippen LogP contribution in [-0.2, 0) is 6.42 Å². The fourth-order valence-electron chi connectivity index (χ4n) is 2.37. The first-order valence-electron chi connectivity index (χ1n) is 7.15. The van der Waals surface area contributed by atoms with Crippen LogP contribution in [0.2, 0.25) is 0 Å². The van der Waals surface area contributed by atoms with Crippen LogP contribution in [0.5, 0.6) is 0 Å². The van der Waals surface area contributed by atoms with E-state index in [2.05, 4.69) is 45.8 Å². The van der Waals surface area contributed by atoms with E-state index < -0.39 is 0 Å². The monoisotopic (exact) mass is 288 g/mol. The number of hydrogen-bond donors (Lipinski definition) is 1. The van der Waals surface area contributed by atoms with Gasteiger partial charge in [0.1, 0.15) is 5.82 Å². The van der Waals surface area contributed by atoms with Crippen molar-refractivity contribution in [3.05, 3.63) is 41.2 Å². The fraction of sp³-hybridized carbons (Fsp3) is 0.467. The molecule has 1 aliphatic heterocycles. The fourth-order valence-corrected chi connectivity index (χ4v) is 3.11. The second-order valence-corrected chi connectivity index (χ2v) is 5.98. The summed E-state index contributed by atoms with van der Waals surface area (Å²) in [5, 5.41) is 4.48. The van der Waals surface area contributed by atoms with Crippen LogP contribution in [-0.4, -0.2) is 35.5 Å². The highest BCUT2D eigenvalue weighted by molar-refractivity contribution is 7.09. The van der Waals surface area contributed by atoms with Crippen molar-refractivity contribution in [1.29, 1.82) is 0 Å². The lowest BCUT2D eigenvalue weighted by Gasteiger charge is -2.17. The first-order chi connectivity index (χ1) is 9.81. The maximum Gasteiger partial charge on any atom is 0.205 e. The summed E-state index contributed by atoms with van der Waals surface area (Å²) in [6, 6.07) is 8.60. The molecule has 0 saturated carbocycles. The van der Waals surface area contributed by atoms with Gasteiger partial charge in [0.25, 0.3) is 0 Å². The molecule has 0 unspecified atom stereocenters. The summed E-state index contributed by atoms with van der Waals surface area (Å²) in [6.07, 6.45) is 2.00. The minimum atomic E-state index is 0.822. The largest absolute Gasteiger partial charge is 0.346 e. The van der Waals surface area contributed by atoms with Crippen molar-refractivity contribution in [3.63, 3.8) is 0 Å². The second-order valence-electron chi connectivity index (χ2n) is 5.25. The molecule has 1 fully saturated rings. The molecule has 0 bridgehead atoms. The van der Waals surface area contributed by atoms with Crippen LogP contribution >= 0.6 is 11.5 Å². The van der Waals surface area contributed by atoms with Gasteiger partial charge < -0.3 is 10.2 Å². The van der Waals surface area contributed by atoms with Gasteiger partial charge in [-0.1, -0.05) is 29.8 Å². The smallest absolute Gasteiger partial charge is 0.205 e. The summed E-state index contributed by atoms with van der Waals surface area (Å²) in [7, 11) is 0. The highest BCUT2D eigenvalue weighted by Crippen LogP contribution is 2.19. The number of nitrogens with one attached hydrogen (secondary N) is 1. The summed E-state index contributed by atoms with van der Waals surface area (Å²) in [6.45, 7) is 6.35. The molecule has 3 rings (SSSR count). The molecule has 2 heterocycles. The normalized spacial score (nSPS) is 16.1. The molecule has 2 aromatic rings. The molecular formula is C15H20N4S. The molecule has 1 aromatic carbocycles. The van der Waals surface area contributed by atoms with E-state index in [0.717, 1.165) is 43.6 Å². The van der Waals surface area contributed by atoms with Gasteiger partial charge >= 0.3 is 0 Å². The van der Waals surface area contributed by atoms with Crippen LogP contribution in [0.3, 0.4) is 0 Å². The van der Waals surface area contributed by atoms with E-state index in [-0.39, 0.29) is 0 Å².